The summed E-state index contributed by atoms with van der Waals surface area (Å²) in [6, 6.07) is 2.12. The van der Waals surface area contributed by atoms with Gasteiger partial charge in [-0.25, -0.2) is 0 Å². The number of carbonyl (C=O) groups is 1. The number of ketones is 1. The molecule has 106 valence electrons. The third-order valence-corrected chi connectivity index (χ3v) is 3.64. The van der Waals surface area contributed by atoms with E-state index in [9.17, 15) is 4.79 Å². The highest BCUT2D eigenvalue weighted by Crippen LogP contribution is 2.31. The van der Waals surface area contributed by atoms with E-state index in [1.807, 2.05) is 13.0 Å². The zero-order valence-corrected chi connectivity index (χ0v) is 12.2. The minimum Gasteiger partial charge on any atom is -0.294 e. The molecule has 3 nitrogen and oxygen atoms in total. The molecule has 0 heterocycles. The first-order valence-corrected chi connectivity index (χ1v) is 6.93. The number of carbonyl (C=O) groups excluding carboxylic acids is 1. The molecule has 0 bridgehead atoms. The average Bonchev–Trinajstić information content (AvgIpc) is 2.79. The minimum atomic E-state index is 0.287. The van der Waals surface area contributed by atoms with E-state index in [-0.39, 0.29) is 5.78 Å². The fourth-order valence-corrected chi connectivity index (χ4v) is 2.80. The smallest absolute Gasteiger partial charge is 0.163 e. The van der Waals surface area contributed by atoms with Gasteiger partial charge in [0.25, 0.3) is 0 Å². The molecule has 1 aromatic rings. The summed E-state index contributed by atoms with van der Waals surface area (Å²) in [6.45, 7) is 8.18. The van der Waals surface area contributed by atoms with E-state index in [0.29, 0.717) is 13.0 Å². The maximum atomic E-state index is 11.9. The van der Waals surface area contributed by atoms with Gasteiger partial charge < -0.3 is 0 Å². The fourth-order valence-electron chi connectivity index (χ4n) is 2.80. The molecule has 20 heavy (non-hydrogen) atoms. The van der Waals surface area contributed by atoms with Crippen molar-refractivity contribution in [3.63, 3.8) is 0 Å². The van der Waals surface area contributed by atoms with E-state index < -0.39 is 0 Å². The van der Waals surface area contributed by atoms with Crippen LogP contribution in [-0.2, 0) is 17.7 Å². The molecular weight excluding hydrogens is 250 g/mol. The summed E-state index contributed by atoms with van der Waals surface area (Å²) in [6.07, 6.45) is 7.82. The van der Waals surface area contributed by atoms with Crippen molar-refractivity contribution < 1.29 is 9.63 Å². The van der Waals surface area contributed by atoms with Crippen LogP contribution < -0.4 is 5.48 Å². The molecule has 0 spiro atoms. The Bertz CT molecular complexity index is 559. The zero-order chi connectivity index (χ0) is 14.5. The van der Waals surface area contributed by atoms with Gasteiger partial charge in [-0.3, -0.25) is 15.1 Å². The number of benzene rings is 1. The van der Waals surface area contributed by atoms with Crippen molar-refractivity contribution in [1.29, 1.82) is 0 Å². The second kappa shape index (κ2) is 6.53. The zero-order valence-electron chi connectivity index (χ0n) is 12.2. The highest BCUT2D eigenvalue weighted by molar-refractivity contribution is 6.02. The van der Waals surface area contributed by atoms with E-state index in [2.05, 4.69) is 25.0 Å². The normalized spacial score (nSPS) is 13.8. The van der Waals surface area contributed by atoms with Gasteiger partial charge in [0.1, 0.15) is 0 Å². The van der Waals surface area contributed by atoms with E-state index >= 15 is 0 Å². The molecule has 2 rings (SSSR count). The van der Waals surface area contributed by atoms with Crippen LogP contribution in [0.5, 0.6) is 0 Å². The Morgan fingerprint density at radius 2 is 2.15 bits per heavy atom. The molecule has 0 unspecified atom stereocenters. The van der Waals surface area contributed by atoms with E-state index in [1.165, 1.54) is 16.7 Å². The molecule has 3 heteroatoms. The van der Waals surface area contributed by atoms with E-state index in [0.717, 1.165) is 24.0 Å². The number of allylic oxidation sites excluding steroid dienone is 1. The molecule has 0 amide bonds. The number of nitrogens with one attached hydrogen (secondary N) is 1. The topological polar surface area (TPSA) is 38.3 Å². The number of hydrogen-bond acceptors (Lipinski definition) is 3. The van der Waals surface area contributed by atoms with Crippen LogP contribution in [0.25, 0.3) is 0 Å². The first-order chi connectivity index (χ1) is 9.65. The second-order valence-corrected chi connectivity index (χ2v) is 5.09. The van der Waals surface area contributed by atoms with Gasteiger partial charge in [0.2, 0.25) is 0 Å². The molecule has 1 aromatic carbocycles. The molecule has 1 N–H and O–H groups in total. The maximum absolute atomic E-state index is 11.9. The largest absolute Gasteiger partial charge is 0.294 e. The van der Waals surface area contributed by atoms with Crippen molar-refractivity contribution in [1.82, 2.24) is 5.48 Å². The third-order valence-electron chi connectivity index (χ3n) is 3.64. The Balaban J connectivity index is 2.13. The van der Waals surface area contributed by atoms with Crippen LogP contribution >= 0.6 is 0 Å². The number of rotatable bonds is 6. The van der Waals surface area contributed by atoms with Gasteiger partial charge in [0, 0.05) is 18.2 Å². The molecule has 0 saturated heterocycles. The predicted octanol–water partition coefficient (Wildman–Crippen LogP) is 3.20. The highest BCUT2D eigenvalue weighted by atomic mass is 16.6. The van der Waals surface area contributed by atoms with Gasteiger partial charge in [0.15, 0.2) is 5.78 Å². The molecule has 0 saturated carbocycles. The predicted molar refractivity (Wildman–Crippen MR) is 80.7 cm³/mol. The Kier molecular flexibility index (Phi) is 4.74. The van der Waals surface area contributed by atoms with Crippen molar-refractivity contribution in [2.45, 2.75) is 33.1 Å². The number of aryl methyl sites for hydroxylation is 2. The first-order valence-electron chi connectivity index (χ1n) is 6.93. The van der Waals surface area contributed by atoms with Gasteiger partial charge in [-0.1, -0.05) is 18.2 Å². The Labute approximate surface area is 120 Å². The lowest BCUT2D eigenvalue weighted by Crippen LogP contribution is -2.06. The summed E-state index contributed by atoms with van der Waals surface area (Å²) < 4.78 is 0. The van der Waals surface area contributed by atoms with Crippen molar-refractivity contribution in [3.8, 4) is 0 Å². The molecule has 1 aliphatic rings. The van der Waals surface area contributed by atoms with Crippen LogP contribution in [0.3, 0.4) is 0 Å². The van der Waals surface area contributed by atoms with Crippen LogP contribution in [-0.4, -0.2) is 12.4 Å². The molecule has 0 fully saturated rings. The van der Waals surface area contributed by atoms with Crippen LogP contribution in [0.1, 0.15) is 39.0 Å². The van der Waals surface area contributed by atoms with Gasteiger partial charge in [-0.15, -0.1) is 6.58 Å². The van der Waals surface area contributed by atoms with Crippen molar-refractivity contribution in [2.75, 3.05) is 6.61 Å². The van der Waals surface area contributed by atoms with Crippen LogP contribution in [0, 0.1) is 13.8 Å². The summed E-state index contributed by atoms with van der Waals surface area (Å²) in [5, 5.41) is 0. The highest BCUT2D eigenvalue weighted by Gasteiger charge is 2.24. The number of hydroxylamine groups is 1. The Hall–Kier alpha value is -1.87. The molecule has 1 aliphatic carbocycles. The van der Waals surface area contributed by atoms with Crippen molar-refractivity contribution in [2.24, 2.45) is 0 Å². The second-order valence-electron chi connectivity index (χ2n) is 5.09. The van der Waals surface area contributed by atoms with Gasteiger partial charge in [-0.05, 0) is 48.9 Å². The monoisotopic (exact) mass is 271 g/mol. The molecule has 0 atom stereocenters. The average molecular weight is 271 g/mol. The number of fused-ring (bicyclic) bond motifs is 1. The van der Waals surface area contributed by atoms with Crippen molar-refractivity contribution >= 4 is 5.78 Å². The number of Topliss-reactive ketones (excluding diaryl/α,β-unsaturated/α-hetero) is 1. The quantitative estimate of drug-likeness (QED) is 0.490. The number of hydrogen-bond donors (Lipinski definition) is 1. The summed E-state index contributed by atoms with van der Waals surface area (Å²) in [4.78, 5) is 17.0. The Morgan fingerprint density at radius 1 is 1.35 bits per heavy atom. The standard InChI is InChI=1S/C17H21NO2/c1-4-10-20-18-9-5-6-14-12(2)11-13(3)17-15(14)7-8-16(17)19/h4-5,9,11,18H,1,6-8,10H2,2-3H3/b9-5+. The van der Waals surface area contributed by atoms with Gasteiger partial charge in [-0.2, -0.15) is 0 Å². The molecule has 0 radical (unpaired) electrons. The third kappa shape index (κ3) is 2.99. The summed E-state index contributed by atoms with van der Waals surface area (Å²) in [5.74, 6) is 0.287. The fraction of sp³-hybridized carbons (Fsp3) is 0.353. The lowest BCUT2D eigenvalue weighted by atomic mass is 9.92. The van der Waals surface area contributed by atoms with E-state index in [1.54, 1.807) is 12.3 Å². The van der Waals surface area contributed by atoms with Crippen molar-refractivity contribution in [3.05, 3.63) is 58.8 Å². The summed E-state index contributed by atoms with van der Waals surface area (Å²) in [5.41, 5.74) is 8.58. The lowest BCUT2D eigenvalue weighted by Gasteiger charge is -2.12. The van der Waals surface area contributed by atoms with E-state index in [4.69, 9.17) is 4.84 Å². The van der Waals surface area contributed by atoms with Crippen LogP contribution in [0.15, 0.2) is 31.0 Å². The molecule has 0 aliphatic heterocycles. The Morgan fingerprint density at radius 3 is 2.90 bits per heavy atom. The maximum Gasteiger partial charge on any atom is 0.163 e. The lowest BCUT2D eigenvalue weighted by molar-refractivity contribution is 0.0955. The van der Waals surface area contributed by atoms with Crippen LogP contribution in [0.2, 0.25) is 0 Å². The summed E-state index contributed by atoms with van der Waals surface area (Å²) >= 11 is 0. The van der Waals surface area contributed by atoms with Gasteiger partial charge in [0.05, 0.1) is 6.61 Å². The first kappa shape index (κ1) is 14.5. The van der Waals surface area contributed by atoms with Gasteiger partial charge >= 0.3 is 0 Å². The minimum absolute atomic E-state index is 0.287. The van der Waals surface area contributed by atoms with Crippen LogP contribution in [0.4, 0.5) is 0 Å². The summed E-state index contributed by atoms with van der Waals surface area (Å²) in [7, 11) is 0. The molecule has 0 aromatic heterocycles. The SMILES string of the molecule is C=CCON/C=C/Cc1c(C)cc(C)c2c1CCC2=O. The molecular formula is C17H21NO2.